The molecule has 1 fully saturated rings. The highest BCUT2D eigenvalue weighted by atomic mass is 15.3. The van der Waals surface area contributed by atoms with Gasteiger partial charge in [0.2, 0.25) is 5.95 Å². The summed E-state index contributed by atoms with van der Waals surface area (Å²) in [7, 11) is 0. The minimum absolute atomic E-state index is 0.347. The Hall–Kier alpha value is -1.52. The molecule has 0 aliphatic carbocycles. The number of aromatic nitrogens is 2. The Balaban J connectivity index is 2.18. The fourth-order valence-electron chi connectivity index (χ4n) is 2.22. The van der Waals surface area contributed by atoms with Gasteiger partial charge in [0, 0.05) is 25.2 Å². The van der Waals surface area contributed by atoms with Crippen LogP contribution in [0.1, 0.15) is 33.1 Å². The van der Waals surface area contributed by atoms with Gasteiger partial charge in [0.1, 0.15) is 11.6 Å². The van der Waals surface area contributed by atoms with Gasteiger partial charge < -0.3 is 16.0 Å². The molecule has 1 saturated heterocycles. The summed E-state index contributed by atoms with van der Waals surface area (Å²) in [5.41, 5.74) is 5.76. The number of nitrogens with zero attached hydrogens (tertiary/aromatic N) is 3. The van der Waals surface area contributed by atoms with E-state index in [4.69, 9.17) is 5.73 Å². The van der Waals surface area contributed by atoms with Gasteiger partial charge in [-0.2, -0.15) is 9.97 Å². The van der Waals surface area contributed by atoms with Crippen molar-refractivity contribution in [3.63, 3.8) is 0 Å². The Morgan fingerprint density at radius 2 is 2.35 bits per heavy atom. The van der Waals surface area contributed by atoms with Gasteiger partial charge in [0.15, 0.2) is 0 Å². The van der Waals surface area contributed by atoms with Gasteiger partial charge in [0.05, 0.1) is 0 Å². The SMILES string of the molecule is CCCNc1cc(N2CCCC2C)nc(N)n1. The molecule has 0 spiro atoms. The molecule has 17 heavy (non-hydrogen) atoms. The van der Waals surface area contributed by atoms with E-state index in [1.807, 2.05) is 6.07 Å². The molecule has 0 aromatic carbocycles. The number of hydrogen-bond acceptors (Lipinski definition) is 5. The molecule has 5 nitrogen and oxygen atoms in total. The normalized spacial score (nSPS) is 19.6. The number of anilines is 3. The smallest absolute Gasteiger partial charge is 0.223 e. The first-order valence-electron chi connectivity index (χ1n) is 6.35. The van der Waals surface area contributed by atoms with E-state index in [0.29, 0.717) is 12.0 Å². The highest BCUT2D eigenvalue weighted by Gasteiger charge is 2.22. The number of rotatable bonds is 4. The van der Waals surface area contributed by atoms with Crippen LogP contribution in [0.25, 0.3) is 0 Å². The molecule has 3 N–H and O–H groups in total. The first-order chi connectivity index (χ1) is 8.20. The number of nitrogens with one attached hydrogen (secondary N) is 1. The van der Waals surface area contributed by atoms with E-state index < -0.39 is 0 Å². The summed E-state index contributed by atoms with van der Waals surface area (Å²) in [5, 5.41) is 3.26. The van der Waals surface area contributed by atoms with Gasteiger partial charge in [-0.05, 0) is 26.2 Å². The molecule has 1 aromatic heterocycles. The molecule has 2 rings (SSSR count). The van der Waals surface area contributed by atoms with Gasteiger partial charge in [-0.1, -0.05) is 6.92 Å². The van der Waals surface area contributed by atoms with Crippen LogP contribution >= 0.6 is 0 Å². The van der Waals surface area contributed by atoms with Crippen molar-refractivity contribution in [2.75, 3.05) is 29.0 Å². The lowest BCUT2D eigenvalue weighted by molar-refractivity contribution is 0.727. The van der Waals surface area contributed by atoms with Crippen molar-refractivity contribution in [3.05, 3.63) is 6.07 Å². The number of nitrogen functional groups attached to an aromatic ring is 1. The molecule has 0 radical (unpaired) electrons. The molecule has 0 saturated carbocycles. The van der Waals surface area contributed by atoms with Crippen molar-refractivity contribution in [2.45, 2.75) is 39.2 Å². The zero-order valence-corrected chi connectivity index (χ0v) is 10.6. The van der Waals surface area contributed by atoms with E-state index >= 15 is 0 Å². The average molecular weight is 235 g/mol. The van der Waals surface area contributed by atoms with Crippen LogP contribution < -0.4 is 16.0 Å². The monoisotopic (exact) mass is 235 g/mol. The maximum atomic E-state index is 5.76. The third-order valence-electron chi connectivity index (χ3n) is 3.13. The van der Waals surface area contributed by atoms with Crippen molar-refractivity contribution in [2.24, 2.45) is 0 Å². The minimum Gasteiger partial charge on any atom is -0.370 e. The first-order valence-corrected chi connectivity index (χ1v) is 6.35. The van der Waals surface area contributed by atoms with Crippen molar-refractivity contribution >= 4 is 17.6 Å². The standard InChI is InChI=1S/C12H21N5/c1-3-6-14-10-8-11(16-12(13)15-10)17-7-4-5-9(17)2/h8-9H,3-7H2,1-2H3,(H3,13,14,15,16). The van der Waals surface area contributed by atoms with Crippen LogP contribution in [0.2, 0.25) is 0 Å². The van der Waals surface area contributed by atoms with Gasteiger partial charge >= 0.3 is 0 Å². The van der Waals surface area contributed by atoms with Crippen LogP contribution in [0.5, 0.6) is 0 Å². The van der Waals surface area contributed by atoms with Crippen molar-refractivity contribution in [1.82, 2.24) is 9.97 Å². The summed E-state index contributed by atoms with van der Waals surface area (Å²) in [4.78, 5) is 10.8. The quantitative estimate of drug-likeness (QED) is 0.834. The lowest BCUT2D eigenvalue weighted by Gasteiger charge is -2.23. The molecule has 1 aliphatic rings. The predicted molar refractivity (Wildman–Crippen MR) is 71.3 cm³/mol. The van der Waals surface area contributed by atoms with E-state index in [1.54, 1.807) is 0 Å². The third kappa shape index (κ3) is 2.78. The highest BCUT2D eigenvalue weighted by Crippen LogP contribution is 2.25. The molecule has 5 heteroatoms. The van der Waals surface area contributed by atoms with E-state index in [9.17, 15) is 0 Å². The maximum absolute atomic E-state index is 5.76. The number of nitrogens with two attached hydrogens (primary N) is 1. The second kappa shape index (κ2) is 5.21. The minimum atomic E-state index is 0.347. The lowest BCUT2D eigenvalue weighted by atomic mass is 10.2. The van der Waals surface area contributed by atoms with Gasteiger partial charge in [-0.15, -0.1) is 0 Å². The van der Waals surface area contributed by atoms with Crippen LogP contribution in [0.3, 0.4) is 0 Å². The third-order valence-corrected chi connectivity index (χ3v) is 3.13. The fourth-order valence-corrected chi connectivity index (χ4v) is 2.22. The van der Waals surface area contributed by atoms with E-state index in [1.165, 1.54) is 12.8 Å². The van der Waals surface area contributed by atoms with Gasteiger partial charge in [0.25, 0.3) is 0 Å². The highest BCUT2D eigenvalue weighted by molar-refractivity contribution is 5.53. The zero-order chi connectivity index (χ0) is 12.3. The summed E-state index contributed by atoms with van der Waals surface area (Å²) in [5.74, 6) is 2.12. The fraction of sp³-hybridized carbons (Fsp3) is 0.667. The molecule has 1 aromatic rings. The first kappa shape index (κ1) is 12.0. The average Bonchev–Trinajstić information content (AvgIpc) is 2.72. The van der Waals surface area contributed by atoms with Crippen LogP contribution in [0.4, 0.5) is 17.6 Å². The second-order valence-corrected chi connectivity index (χ2v) is 4.58. The lowest BCUT2D eigenvalue weighted by Crippen LogP contribution is -2.27. The van der Waals surface area contributed by atoms with Crippen molar-refractivity contribution in [1.29, 1.82) is 0 Å². The van der Waals surface area contributed by atoms with Crippen molar-refractivity contribution in [3.8, 4) is 0 Å². The molecule has 1 unspecified atom stereocenters. The van der Waals surface area contributed by atoms with Gasteiger partial charge in [-0.3, -0.25) is 0 Å². The molecule has 1 atom stereocenters. The molecule has 94 valence electrons. The Morgan fingerprint density at radius 3 is 3.00 bits per heavy atom. The van der Waals surface area contributed by atoms with E-state index in [-0.39, 0.29) is 0 Å². The van der Waals surface area contributed by atoms with Crippen LogP contribution in [0.15, 0.2) is 6.07 Å². The summed E-state index contributed by atoms with van der Waals surface area (Å²) in [6.07, 6.45) is 3.52. The summed E-state index contributed by atoms with van der Waals surface area (Å²) < 4.78 is 0. The Bertz CT molecular complexity index is 379. The second-order valence-electron chi connectivity index (χ2n) is 4.58. The molecule has 1 aliphatic heterocycles. The summed E-state index contributed by atoms with van der Waals surface area (Å²) >= 11 is 0. The Morgan fingerprint density at radius 1 is 1.53 bits per heavy atom. The topological polar surface area (TPSA) is 67.1 Å². The maximum Gasteiger partial charge on any atom is 0.223 e. The summed E-state index contributed by atoms with van der Waals surface area (Å²) in [6.45, 7) is 6.32. The predicted octanol–water partition coefficient (Wildman–Crippen LogP) is 1.87. The van der Waals surface area contributed by atoms with Crippen LogP contribution in [-0.2, 0) is 0 Å². The summed E-state index contributed by atoms with van der Waals surface area (Å²) in [6, 6.07) is 2.54. The molecule has 2 heterocycles. The molecule has 0 bridgehead atoms. The Kier molecular flexibility index (Phi) is 3.66. The zero-order valence-electron chi connectivity index (χ0n) is 10.6. The molecular formula is C12H21N5. The molecular weight excluding hydrogens is 214 g/mol. The van der Waals surface area contributed by atoms with Crippen molar-refractivity contribution < 1.29 is 0 Å². The van der Waals surface area contributed by atoms with Crippen LogP contribution in [0, 0.1) is 0 Å². The Labute approximate surface area is 102 Å². The largest absolute Gasteiger partial charge is 0.370 e. The van der Waals surface area contributed by atoms with Crippen LogP contribution in [-0.4, -0.2) is 29.1 Å². The van der Waals surface area contributed by atoms with E-state index in [2.05, 4.69) is 34.0 Å². The number of hydrogen-bond donors (Lipinski definition) is 2. The van der Waals surface area contributed by atoms with Gasteiger partial charge in [-0.25, -0.2) is 0 Å². The van der Waals surface area contributed by atoms with E-state index in [0.717, 1.165) is 31.1 Å². The molecule has 0 amide bonds.